The molecule has 2 N–H and O–H groups in total. The maximum absolute atomic E-state index is 14.2. The van der Waals surface area contributed by atoms with Crippen molar-refractivity contribution in [1.82, 2.24) is 14.8 Å². The Morgan fingerprint density at radius 1 is 1.35 bits per heavy atom. The summed E-state index contributed by atoms with van der Waals surface area (Å²) in [4.78, 5) is 17.0. The van der Waals surface area contributed by atoms with Gasteiger partial charge in [0.15, 0.2) is 0 Å². The highest BCUT2D eigenvalue weighted by molar-refractivity contribution is 7.91. The molecule has 1 amide bonds. The first-order chi connectivity index (χ1) is 15.5. The highest BCUT2D eigenvalue weighted by Crippen LogP contribution is 2.54. The molecule has 0 aromatic carbocycles. The Bertz CT molecular complexity index is 1250. The average molecular weight is 506 g/mol. The average Bonchev–Trinajstić information content (AvgIpc) is 3.24. The molecule has 2 aliphatic rings. The fraction of sp³-hybridized carbons (Fsp3) is 0.571. The number of pyridine rings is 1. The van der Waals surface area contributed by atoms with E-state index in [0.29, 0.717) is 6.42 Å². The smallest absolute Gasteiger partial charge is 0.320 e. The molecule has 186 valence electrons. The maximum atomic E-state index is 14.2. The van der Waals surface area contributed by atoms with E-state index in [1.165, 1.54) is 19.2 Å². The quantitative estimate of drug-likeness (QED) is 0.531. The summed E-state index contributed by atoms with van der Waals surface area (Å²) in [6, 6.07) is 2.44. The zero-order chi connectivity index (χ0) is 25.3. The van der Waals surface area contributed by atoms with Crippen molar-refractivity contribution >= 4 is 21.3 Å². The van der Waals surface area contributed by atoms with Gasteiger partial charge in [-0.25, -0.2) is 22.8 Å². The number of rotatable bonds is 6. The minimum atomic E-state index is -4.89. The van der Waals surface area contributed by atoms with Crippen LogP contribution in [0.3, 0.4) is 0 Å². The Labute approximate surface area is 193 Å². The first-order valence-corrected chi connectivity index (χ1v) is 12.5. The predicted octanol–water partition coefficient (Wildman–Crippen LogP) is 5.14. The van der Waals surface area contributed by atoms with Crippen LogP contribution in [0.25, 0.3) is 0 Å². The van der Waals surface area contributed by atoms with Crippen molar-refractivity contribution in [3.05, 3.63) is 35.3 Å². The number of hydrogen-bond donors (Lipinski definition) is 2. The largest absolute Gasteiger partial charge is 0.420 e. The van der Waals surface area contributed by atoms with E-state index in [4.69, 9.17) is 4.78 Å². The molecule has 2 fully saturated rings. The molecule has 3 atom stereocenters. The Balaban J connectivity index is 1.76. The number of nitrogens with one attached hydrogen (secondary N) is 2. The number of anilines is 1. The number of hydrogen-bond acceptors (Lipinski definition) is 5. The first-order valence-electron chi connectivity index (χ1n) is 10.6. The third-order valence-electron chi connectivity index (χ3n) is 6.23. The highest BCUT2D eigenvalue weighted by atomic mass is 32.2. The minimum absolute atomic E-state index is 0.000397. The highest BCUT2D eigenvalue weighted by Gasteiger charge is 2.55. The number of carbonyl (C=O) groups excluding carboxylic acids is 1. The third kappa shape index (κ3) is 4.80. The summed E-state index contributed by atoms with van der Waals surface area (Å²) in [6.45, 7) is 3.04. The lowest BCUT2D eigenvalue weighted by atomic mass is 9.67. The molecule has 0 spiro atoms. The maximum Gasteiger partial charge on any atom is 0.420 e. The van der Waals surface area contributed by atoms with Crippen molar-refractivity contribution in [2.75, 3.05) is 11.6 Å². The fourth-order valence-electron chi connectivity index (χ4n) is 4.63. The van der Waals surface area contributed by atoms with E-state index in [9.17, 15) is 31.0 Å². The lowest BCUT2D eigenvalue weighted by Crippen LogP contribution is -2.47. The molecule has 2 aromatic heterocycles. The molecule has 2 heterocycles. The van der Waals surface area contributed by atoms with Gasteiger partial charge in [-0.2, -0.15) is 18.3 Å². The van der Waals surface area contributed by atoms with Crippen LogP contribution in [0.15, 0.2) is 23.4 Å². The standard InChI is InChI=1S/C21H24F5N5O2S/c1-11-6-13(11)16-15(21(24,25)26)17(31(30-16)10-19(2)8-20(22,23)9-19)18(32)29-12-4-5-28-14(7-12)34(3,27)33/h4-5,7,11,13,27H,6,8-10H2,1-3H3,(H,28,29,32)/t11-,13-,34?/m1/s1. The molecule has 0 radical (unpaired) electrons. The minimum Gasteiger partial charge on any atom is -0.320 e. The van der Waals surface area contributed by atoms with E-state index in [0.717, 1.165) is 17.0 Å². The van der Waals surface area contributed by atoms with Crippen molar-refractivity contribution in [3.63, 3.8) is 0 Å². The van der Waals surface area contributed by atoms with Crippen LogP contribution < -0.4 is 5.32 Å². The van der Waals surface area contributed by atoms with Crippen molar-refractivity contribution in [1.29, 1.82) is 4.78 Å². The van der Waals surface area contributed by atoms with E-state index < -0.39 is 63.2 Å². The van der Waals surface area contributed by atoms with Crippen molar-refractivity contribution in [2.45, 2.75) is 62.7 Å². The zero-order valence-electron chi connectivity index (χ0n) is 18.7. The van der Waals surface area contributed by atoms with Gasteiger partial charge in [0.1, 0.15) is 16.3 Å². The molecule has 0 bridgehead atoms. The van der Waals surface area contributed by atoms with Gasteiger partial charge in [-0.15, -0.1) is 0 Å². The summed E-state index contributed by atoms with van der Waals surface area (Å²) in [5.74, 6) is -4.54. The van der Waals surface area contributed by atoms with E-state index in [1.54, 1.807) is 6.92 Å². The van der Waals surface area contributed by atoms with E-state index >= 15 is 0 Å². The van der Waals surface area contributed by atoms with Crippen LogP contribution in [0.1, 0.15) is 60.8 Å². The molecular weight excluding hydrogens is 481 g/mol. The zero-order valence-corrected chi connectivity index (χ0v) is 19.5. The van der Waals surface area contributed by atoms with Gasteiger partial charge in [0.25, 0.3) is 5.91 Å². The van der Waals surface area contributed by atoms with Gasteiger partial charge >= 0.3 is 6.18 Å². The molecule has 7 nitrogen and oxygen atoms in total. The van der Waals surface area contributed by atoms with E-state index in [2.05, 4.69) is 15.4 Å². The number of alkyl halides is 5. The van der Waals surface area contributed by atoms with Crippen molar-refractivity contribution in [2.24, 2.45) is 11.3 Å². The molecule has 2 aliphatic carbocycles. The SMILES string of the molecule is C[C@@H]1C[C@H]1c1nn(CC2(C)CC(F)(F)C2)c(C(=O)Nc2ccnc(S(C)(=N)=O)c2)c1C(F)(F)F. The second kappa shape index (κ2) is 7.72. The summed E-state index contributed by atoms with van der Waals surface area (Å²) < 4.78 is 90.1. The van der Waals surface area contributed by atoms with Gasteiger partial charge in [0.05, 0.1) is 15.4 Å². The van der Waals surface area contributed by atoms with Gasteiger partial charge in [0.2, 0.25) is 5.92 Å². The summed E-state index contributed by atoms with van der Waals surface area (Å²) in [5.41, 5.74) is -3.18. The second-order valence-electron chi connectivity index (χ2n) is 9.78. The number of carbonyl (C=O) groups is 1. The molecule has 13 heteroatoms. The van der Waals surface area contributed by atoms with E-state index in [-0.39, 0.29) is 28.9 Å². The Morgan fingerprint density at radius 2 is 1.97 bits per heavy atom. The van der Waals surface area contributed by atoms with Crippen LogP contribution in [0, 0.1) is 16.1 Å². The Hall–Kier alpha value is -2.57. The van der Waals surface area contributed by atoms with Crippen LogP contribution >= 0.6 is 0 Å². The second-order valence-corrected chi connectivity index (χ2v) is 11.9. The fourth-order valence-corrected chi connectivity index (χ4v) is 5.24. The van der Waals surface area contributed by atoms with Gasteiger partial charge in [0, 0.05) is 43.4 Å². The first kappa shape index (κ1) is 24.6. The number of nitrogens with zero attached hydrogens (tertiary/aromatic N) is 3. The van der Waals surface area contributed by atoms with Crippen LogP contribution in [-0.4, -0.2) is 37.1 Å². The molecule has 0 aliphatic heterocycles. The van der Waals surface area contributed by atoms with Crippen LogP contribution in [-0.2, 0) is 22.5 Å². The molecule has 2 saturated carbocycles. The number of halogens is 5. The van der Waals surface area contributed by atoms with Crippen LogP contribution in [0.4, 0.5) is 27.6 Å². The Morgan fingerprint density at radius 3 is 2.47 bits per heavy atom. The van der Waals surface area contributed by atoms with Crippen LogP contribution in [0.5, 0.6) is 0 Å². The topological polar surface area (TPSA) is 101 Å². The lowest BCUT2D eigenvalue weighted by Gasteiger charge is -2.44. The molecule has 0 saturated heterocycles. The van der Waals surface area contributed by atoms with E-state index in [1.807, 2.05) is 0 Å². The summed E-state index contributed by atoms with van der Waals surface area (Å²) in [7, 11) is -3.23. The molecule has 34 heavy (non-hydrogen) atoms. The predicted molar refractivity (Wildman–Crippen MR) is 113 cm³/mol. The van der Waals surface area contributed by atoms with Crippen molar-refractivity contribution < 1.29 is 31.0 Å². The van der Waals surface area contributed by atoms with Crippen LogP contribution in [0.2, 0.25) is 0 Å². The van der Waals surface area contributed by atoms with Gasteiger partial charge in [-0.05, 0) is 29.9 Å². The molecule has 2 aromatic rings. The summed E-state index contributed by atoms with van der Waals surface area (Å²) >= 11 is 0. The summed E-state index contributed by atoms with van der Waals surface area (Å²) in [6.07, 6.45) is -3.14. The molecule has 1 unspecified atom stereocenters. The molecular formula is C21H24F5N5O2S. The number of amides is 1. The number of aromatic nitrogens is 3. The molecule has 4 rings (SSSR count). The van der Waals surface area contributed by atoms with Gasteiger partial charge < -0.3 is 5.32 Å². The van der Waals surface area contributed by atoms with Gasteiger partial charge in [-0.3, -0.25) is 9.48 Å². The lowest BCUT2D eigenvalue weighted by molar-refractivity contribution is -0.160. The Kier molecular flexibility index (Phi) is 5.57. The monoisotopic (exact) mass is 505 g/mol. The normalized spacial score (nSPS) is 24.7. The van der Waals surface area contributed by atoms with Gasteiger partial charge in [-0.1, -0.05) is 13.8 Å². The third-order valence-corrected chi connectivity index (χ3v) is 7.25. The van der Waals surface area contributed by atoms with Crippen molar-refractivity contribution in [3.8, 4) is 0 Å². The summed E-state index contributed by atoms with van der Waals surface area (Å²) in [5, 5.41) is 6.33.